The van der Waals surface area contributed by atoms with Gasteiger partial charge in [0.25, 0.3) is 0 Å². The lowest BCUT2D eigenvalue weighted by Gasteiger charge is -2.22. The van der Waals surface area contributed by atoms with Crippen LogP contribution in [0.3, 0.4) is 0 Å². The minimum atomic E-state index is 0.0237. The maximum Gasteiger partial charge on any atom is 0.0856 e. The molecule has 2 heteroatoms. The molecule has 0 bridgehead atoms. The van der Waals surface area contributed by atoms with Gasteiger partial charge in [0.2, 0.25) is 0 Å². The van der Waals surface area contributed by atoms with E-state index in [-0.39, 0.29) is 5.60 Å². The summed E-state index contributed by atoms with van der Waals surface area (Å²) in [5, 5.41) is 0. The number of hydroxylamine groups is 1. The van der Waals surface area contributed by atoms with Gasteiger partial charge in [0, 0.05) is 6.04 Å². The fraction of sp³-hybridized carbons (Fsp3) is 1.00. The summed E-state index contributed by atoms with van der Waals surface area (Å²) in [5.41, 5.74) is 3.52. The van der Waals surface area contributed by atoms with Gasteiger partial charge >= 0.3 is 0 Å². The van der Waals surface area contributed by atoms with Gasteiger partial charge in [0.1, 0.15) is 0 Å². The second kappa shape index (κ2) is 3.00. The summed E-state index contributed by atoms with van der Waals surface area (Å²) in [7, 11) is 0. The van der Waals surface area contributed by atoms with E-state index in [9.17, 15) is 0 Å². The highest BCUT2D eigenvalue weighted by Crippen LogP contribution is 2.30. The van der Waals surface area contributed by atoms with Crippen molar-refractivity contribution in [1.82, 2.24) is 5.48 Å². The van der Waals surface area contributed by atoms with Gasteiger partial charge in [-0.1, -0.05) is 20.8 Å². The second-order valence-corrected chi connectivity index (χ2v) is 5.65. The van der Waals surface area contributed by atoms with Crippen molar-refractivity contribution in [2.75, 3.05) is 0 Å². The van der Waals surface area contributed by atoms with Crippen molar-refractivity contribution >= 4 is 0 Å². The van der Waals surface area contributed by atoms with Crippen LogP contribution in [0, 0.1) is 5.41 Å². The Kier molecular flexibility index (Phi) is 2.50. The van der Waals surface area contributed by atoms with Crippen molar-refractivity contribution < 1.29 is 4.84 Å². The predicted molar refractivity (Wildman–Crippen MR) is 50.8 cm³/mol. The zero-order valence-corrected chi connectivity index (χ0v) is 8.90. The highest BCUT2D eigenvalue weighted by atomic mass is 16.7. The lowest BCUT2D eigenvalue weighted by atomic mass is 9.85. The molecular formula is C10H21NO. The third kappa shape index (κ3) is 3.11. The molecule has 1 heterocycles. The van der Waals surface area contributed by atoms with Crippen LogP contribution >= 0.6 is 0 Å². The monoisotopic (exact) mass is 171 g/mol. The standard InChI is InChI=1S/C10H21NO/c1-9(2,3)6-8-7-10(4,5)12-11-8/h8,11H,6-7H2,1-5H3/t8-/m0/s1. The van der Waals surface area contributed by atoms with Crippen LogP contribution in [0.15, 0.2) is 0 Å². The smallest absolute Gasteiger partial charge is 0.0856 e. The topological polar surface area (TPSA) is 21.3 Å². The summed E-state index contributed by atoms with van der Waals surface area (Å²) in [6.45, 7) is 11.0. The first-order valence-electron chi connectivity index (χ1n) is 4.72. The van der Waals surface area contributed by atoms with Crippen LogP contribution in [0.25, 0.3) is 0 Å². The number of rotatable bonds is 1. The first-order valence-corrected chi connectivity index (χ1v) is 4.72. The molecule has 0 unspecified atom stereocenters. The Morgan fingerprint density at radius 3 is 2.33 bits per heavy atom. The summed E-state index contributed by atoms with van der Waals surface area (Å²) in [5.74, 6) is 0. The number of hydrogen-bond acceptors (Lipinski definition) is 2. The van der Waals surface area contributed by atoms with E-state index in [1.165, 1.54) is 6.42 Å². The van der Waals surface area contributed by atoms with Gasteiger partial charge in [-0.3, -0.25) is 4.84 Å². The third-order valence-electron chi connectivity index (χ3n) is 2.10. The molecule has 0 saturated carbocycles. The van der Waals surface area contributed by atoms with Crippen molar-refractivity contribution in [2.45, 2.75) is 59.1 Å². The summed E-state index contributed by atoms with van der Waals surface area (Å²) in [6, 6.07) is 0.528. The molecule has 2 nitrogen and oxygen atoms in total. The van der Waals surface area contributed by atoms with E-state index in [1.807, 2.05) is 0 Å². The second-order valence-electron chi connectivity index (χ2n) is 5.65. The van der Waals surface area contributed by atoms with Gasteiger partial charge < -0.3 is 0 Å². The Hall–Kier alpha value is -0.0800. The average molecular weight is 171 g/mol. The molecule has 1 saturated heterocycles. The molecule has 12 heavy (non-hydrogen) atoms. The van der Waals surface area contributed by atoms with Gasteiger partial charge in [0.05, 0.1) is 5.60 Å². The zero-order chi connectivity index (χ0) is 9.41. The Morgan fingerprint density at radius 2 is 2.00 bits per heavy atom. The molecule has 1 fully saturated rings. The Morgan fingerprint density at radius 1 is 1.42 bits per heavy atom. The zero-order valence-electron chi connectivity index (χ0n) is 8.90. The van der Waals surface area contributed by atoms with Crippen LogP contribution in [-0.2, 0) is 4.84 Å². The third-order valence-corrected chi connectivity index (χ3v) is 2.10. The highest BCUT2D eigenvalue weighted by molar-refractivity contribution is 4.84. The number of nitrogens with one attached hydrogen (secondary N) is 1. The van der Waals surface area contributed by atoms with Crippen molar-refractivity contribution in [3.8, 4) is 0 Å². The molecule has 1 rings (SSSR count). The van der Waals surface area contributed by atoms with Crippen LogP contribution in [0.1, 0.15) is 47.5 Å². The largest absolute Gasteiger partial charge is 0.295 e. The molecule has 1 N–H and O–H groups in total. The average Bonchev–Trinajstić information content (AvgIpc) is 2.05. The molecule has 0 amide bonds. The molecule has 1 atom stereocenters. The summed E-state index contributed by atoms with van der Waals surface area (Å²) < 4.78 is 0. The maximum absolute atomic E-state index is 5.45. The van der Waals surface area contributed by atoms with E-state index >= 15 is 0 Å². The Labute approximate surface area is 75.6 Å². The molecule has 0 aliphatic carbocycles. The minimum absolute atomic E-state index is 0.0237. The first-order chi connectivity index (χ1) is 5.29. The molecular weight excluding hydrogens is 150 g/mol. The summed E-state index contributed by atoms with van der Waals surface area (Å²) in [4.78, 5) is 5.45. The molecule has 72 valence electrons. The summed E-state index contributed by atoms with van der Waals surface area (Å²) >= 11 is 0. The van der Waals surface area contributed by atoms with E-state index < -0.39 is 0 Å². The van der Waals surface area contributed by atoms with E-state index in [0.717, 1.165) is 6.42 Å². The van der Waals surface area contributed by atoms with Gasteiger partial charge in [-0.25, -0.2) is 0 Å². The van der Waals surface area contributed by atoms with Crippen LogP contribution < -0.4 is 5.48 Å². The molecule has 0 aromatic rings. The molecule has 0 radical (unpaired) electrons. The normalized spacial score (nSPS) is 29.2. The quantitative estimate of drug-likeness (QED) is 0.654. The van der Waals surface area contributed by atoms with Gasteiger partial charge in [0.15, 0.2) is 0 Å². The lowest BCUT2D eigenvalue weighted by molar-refractivity contribution is -0.0327. The molecule has 1 aliphatic rings. The summed E-state index contributed by atoms with van der Waals surface area (Å²) in [6.07, 6.45) is 2.29. The lowest BCUT2D eigenvalue weighted by Crippen LogP contribution is -2.25. The van der Waals surface area contributed by atoms with E-state index in [2.05, 4.69) is 40.1 Å². The van der Waals surface area contributed by atoms with Gasteiger partial charge in [-0.05, 0) is 32.1 Å². The van der Waals surface area contributed by atoms with Crippen molar-refractivity contribution in [1.29, 1.82) is 0 Å². The fourth-order valence-electron chi connectivity index (χ4n) is 1.77. The molecule has 0 spiro atoms. The fourth-order valence-corrected chi connectivity index (χ4v) is 1.77. The molecule has 0 aromatic carbocycles. The van der Waals surface area contributed by atoms with Crippen LogP contribution in [0.2, 0.25) is 0 Å². The van der Waals surface area contributed by atoms with Gasteiger partial charge in [-0.2, -0.15) is 5.48 Å². The van der Waals surface area contributed by atoms with Crippen LogP contribution in [0.4, 0.5) is 0 Å². The predicted octanol–water partition coefficient (Wildman–Crippen LogP) is 2.49. The van der Waals surface area contributed by atoms with Crippen molar-refractivity contribution in [3.63, 3.8) is 0 Å². The minimum Gasteiger partial charge on any atom is -0.295 e. The number of hydrogen-bond donors (Lipinski definition) is 1. The van der Waals surface area contributed by atoms with Crippen molar-refractivity contribution in [2.24, 2.45) is 5.41 Å². The van der Waals surface area contributed by atoms with Crippen LogP contribution in [0.5, 0.6) is 0 Å². The van der Waals surface area contributed by atoms with Crippen molar-refractivity contribution in [3.05, 3.63) is 0 Å². The van der Waals surface area contributed by atoms with Gasteiger partial charge in [-0.15, -0.1) is 0 Å². The first kappa shape index (κ1) is 10.0. The maximum atomic E-state index is 5.45. The van der Waals surface area contributed by atoms with E-state index in [0.29, 0.717) is 11.5 Å². The molecule has 0 aromatic heterocycles. The van der Waals surface area contributed by atoms with Crippen LogP contribution in [-0.4, -0.2) is 11.6 Å². The van der Waals surface area contributed by atoms with E-state index in [1.54, 1.807) is 0 Å². The highest BCUT2D eigenvalue weighted by Gasteiger charge is 2.33. The Bertz CT molecular complexity index is 158. The SMILES string of the molecule is CC(C)(C)C[C@H]1CC(C)(C)ON1. The van der Waals surface area contributed by atoms with E-state index in [4.69, 9.17) is 4.84 Å². The molecule has 1 aliphatic heterocycles. The Balaban J connectivity index is 2.39.